The maximum Gasteiger partial charge on any atom is 0.0897 e. The standard InChI is InChI=1S/C16H27NO2S/c1-12(9-16-8-7-13(2)20-16)17-10-14(18)11-19-15-5-3-4-6-15/h7-8,12,14-15,17-18H,3-6,9-11H2,1-2H3. The summed E-state index contributed by atoms with van der Waals surface area (Å²) in [7, 11) is 0. The van der Waals surface area contributed by atoms with Gasteiger partial charge in [0.05, 0.1) is 18.8 Å². The smallest absolute Gasteiger partial charge is 0.0897 e. The predicted octanol–water partition coefficient (Wildman–Crippen LogP) is 2.90. The van der Waals surface area contributed by atoms with Crippen molar-refractivity contribution in [3.8, 4) is 0 Å². The van der Waals surface area contributed by atoms with Crippen LogP contribution >= 0.6 is 11.3 Å². The van der Waals surface area contributed by atoms with E-state index in [9.17, 15) is 5.11 Å². The summed E-state index contributed by atoms with van der Waals surface area (Å²) in [6.45, 7) is 5.37. The molecule has 20 heavy (non-hydrogen) atoms. The molecule has 1 saturated carbocycles. The molecule has 3 nitrogen and oxygen atoms in total. The fraction of sp³-hybridized carbons (Fsp3) is 0.750. The van der Waals surface area contributed by atoms with Crippen molar-refractivity contribution in [1.29, 1.82) is 0 Å². The van der Waals surface area contributed by atoms with Crippen LogP contribution in [0, 0.1) is 6.92 Å². The number of aliphatic hydroxyl groups excluding tert-OH is 1. The molecule has 0 aliphatic heterocycles. The molecule has 2 unspecified atom stereocenters. The molecule has 2 N–H and O–H groups in total. The van der Waals surface area contributed by atoms with Crippen molar-refractivity contribution in [1.82, 2.24) is 5.32 Å². The van der Waals surface area contributed by atoms with Gasteiger partial charge in [0.15, 0.2) is 0 Å². The zero-order valence-corrected chi connectivity index (χ0v) is 13.4. The lowest BCUT2D eigenvalue weighted by atomic mass is 10.2. The highest BCUT2D eigenvalue weighted by Crippen LogP contribution is 2.21. The third kappa shape index (κ3) is 5.52. The molecule has 1 aliphatic carbocycles. The Bertz CT molecular complexity index is 388. The van der Waals surface area contributed by atoms with Crippen molar-refractivity contribution < 1.29 is 9.84 Å². The Morgan fingerprint density at radius 3 is 2.80 bits per heavy atom. The molecule has 0 aromatic carbocycles. The molecule has 114 valence electrons. The number of hydrogen-bond donors (Lipinski definition) is 2. The molecule has 1 aliphatic rings. The normalized spacial score (nSPS) is 19.4. The van der Waals surface area contributed by atoms with Gasteiger partial charge in [-0.15, -0.1) is 11.3 Å². The van der Waals surface area contributed by atoms with Crippen LogP contribution in [0.5, 0.6) is 0 Å². The zero-order chi connectivity index (χ0) is 14.4. The molecule has 1 aromatic heterocycles. The van der Waals surface area contributed by atoms with E-state index in [1.807, 2.05) is 11.3 Å². The number of ether oxygens (including phenoxy) is 1. The van der Waals surface area contributed by atoms with E-state index in [0.717, 1.165) is 19.3 Å². The maximum atomic E-state index is 9.94. The molecule has 1 fully saturated rings. The average molecular weight is 297 g/mol. The molecule has 1 heterocycles. The van der Waals surface area contributed by atoms with E-state index >= 15 is 0 Å². The van der Waals surface area contributed by atoms with Crippen molar-refractivity contribution >= 4 is 11.3 Å². The van der Waals surface area contributed by atoms with Crippen molar-refractivity contribution in [3.63, 3.8) is 0 Å². The third-order valence-corrected chi connectivity index (χ3v) is 4.85. The van der Waals surface area contributed by atoms with Crippen LogP contribution in [-0.4, -0.2) is 36.5 Å². The van der Waals surface area contributed by atoms with E-state index < -0.39 is 6.10 Å². The Morgan fingerprint density at radius 2 is 2.15 bits per heavy atom. The largest absolute Gasteiger partial charge is 0.389 e. The first-order valence-corrected chi connectivity index (χ1v) is 8.53. The van der Waals surface area contributed by atoms with E-state index in [-0.39, 0.29) is 0 Å². The minimum absolute atomic E-state index is 0.384. The van der Waals surface area contributed by atoms with Gasteiger partial charge in [-0.3, -0.25) is 0 Å². The lowest BCUT2D eigenvalue weighted by Crippen LogP contribution is -2.37. The Balaban J connectivity index is 1.58. The fourth-order valence-electron chi connectivity index (χ4n) is 2.67. The molecule has 0 saturated heterocycles. The molecular formula is C16H27NO2S. The summed E-state index contributed by atoms with van der Waals surface area (Å²) in [5, 5.41) is 13.3. The summed E-state index contributed by atoms with van der Waals surface area (Å²) < 4.78 is 5.73. The van der Waals surface area contributed by atoms with Gasteiger partial charge in [0.1, 0.15) is 0 Å². The van der Waals surface area contributed by atoms with Crippen LogP contribution in [0.4, 0.5) is 0 Å². The lowest BCUT2D eigenvalue weighted by Gasteiger charge is -2.18. The predicted molar refractivity (Wildman–Crippen MR) is 84.4 cm³/mol. The molecule has 4 heteroatoms. The van der Waals surface area contributed by atoms with E-state index in [1.54, 1.807) is 0 Å². The minimum atomic E-state index is -0.400. The van der Waals surface area contributed by atoms with Crippen molar-refractivity contribution in [2.75, 3.05) is 13.2 Å². The van der Waals surface area contributed by atoms with Gasteiger partial charge in [-0.1, -0.05) is 12.8 Å². The number of thiophene rings is 1. The number of nitrogens with one attached hydrogen (secondary N) is 1. The minimum Gasteiger partial charge on any atom is -0.389 e. The SMILES string of the molecule is Cc1ccc(CC(C)NCC(O)COC2CCCC2)s1. The lowest BCUT2D eigenvalue weighted by molar-refractivity contribution is -0.00606. The number of hydrogen-bond acceptors (Lipinski definition) is 4. The molecule has 0 radical (unpaired) electrons. The summed E-state index contributed by atoms with van der Waals surface area (Å²) in [5.41, 5.74) is 0. The zero-order valence-electron chi connectivity index (χ0n) is 12.6. The van der Waals surface area contributed by atoms with Gasteiger partial charge >= 0.3 is 0 Å². The van der Waals surface area contributed by atoms with Gasteiger partial charge in [-0.2, -0.15) is 0 Å². The highest BCUT2D eigenvalue weighted by atomic mass is 32.1. The first-order valence-electron chi connectivity index (χ1n) is 7.72. The number of rotatable bonds is 8. The Kier molecular flexibility index (Phi) is 6.49. The van der Waals surface area contributed by atoms with Gasteiger partial charge in [-0.25, -0.2) is 0 Å². The van der Waals surface area contributed by atoms with Crippen LogP contribution < -0.4 is 5.32 Å². The second-order valence-corrected chi connectivity index (χ2v) is 7.29. The Labute approximate surface area is 126 Å². The highest BCUT2D eigenvalue weighted by molar-refractivity contribution is 7.11. The molecular weight excluding hydrogens is 270 g/mol. The van der Waals surface area contributed by atoms with Crippen molar-refractivity contribution in [2.45, 2.75) is 64.2 Å². The molecule has 2 atom stereocenters. The number of aliphatic hydroxyl groups is 1. The summed E-state index contributed by atoms with van der Waals surface area (Å²) in [6, 6.07) is 4.74. The average Bonchev–Trinajstić information content (AvgIpc) is 3.06. The third-order valence-electron chi connectivity index (χ3n) is 3.83. The van der Waals surface area contributed by atoms with E-state index in [0.29, 0.717) is 25.3 Å². The van der Waals surface area contributed by atoms with Gasteiger partial charge in [0, 0.05) is 22.3 Å². The fourth-order valence-corrected chi connectivity index (χ4v) is 3.69. The van der Waals surface area contributed by atoms with Crippen LogP contribution in [0.15, 0.2) is 12.1 Å². The molecule has 0 spiro atoms. The van der Waals surface area contributed by atoms with E-state index in [1.165, 1.54) is 22.6 Å². The van der Waals surface area contributed by atoms with Crippen LogP contribution in [0.2, 0.25) is 0 Å². The van der Waals surface area contributed by atoms with Crippen LogP contribution in [0.3, 0.4) is 0 Å². The second-order valence-electron chi connectivity index (χ2n) is 5.92. The van der Waals surface area contributed by atoms with Gasteiger partial charge < -0.3 is 15.2 Å². The first-order chi connectivity index (χ1) is 9.63. The van der Waals surface area contributed by atoms with Crippen LogP contribution in [-0.2, 0) is 11.2 Å². The molecule has 1 aromatic rings. The molecule has 2 rings (SSSR count). The Hall–Kier alpha value is -0.420. The second kappa shape index (κ2) is 8.13. The molecule has 0 bridgehead atoms. The van der Waals surface area contributed by atoms with Crippen LogP contribution in [0.1, 0.15) is 42.4 Å². The van der Waals surface area contributed by atoms with Crippen LogP contribution in [0.25, 0.3) is 0 Å². The van der Waals surface area contributed by atoms with Gasteiger partial charge in [-0.05, 0) is 45.2 Å². The summed E-state index contributed by atoms with van der Waals surface area (Å²) in [4.78, 5) is 2.76. The summed E-state index contributed by atoms with van der Waals surface area (Å²) in [5.74, 6) is 0. The monoisotopic (exact) mass is 297 g/mol. The number of aryl methyl sites for hydroxylation is 1. The van der Waals surface area contributed by atoms with Gasteiger partial charge in [0.25, 0.3) is 0 Å². The Morgan fingerprint density at radius 1 is 1.40 bits per heavy atom. The van der Waals surface area contributed by atoms with Crippen molar-refractivity contribution in [2.24, 2.45) is 0 Å². The quantitative estimate of drug-likeness (QED) is 0.775. The van der Waals surface area contributed by atoms with Gasteiger partial charge in [0.2, 0.25) is 0 Å². The molecule has 0 amide bonds. The summed E-state index contributed by atoms with van der Waals surface area (Å²) >= 11 is 1.85. The first kappa shape index (κ1) is 16.0. The van der Waals surface area contributed by atoms with Crippen molar-refractivity contribution in [3.05, 3.63) is 21.9 Å². The topological polar surface area (TPSA) is 41.5 Å². The van der Waals surface area contributed by atoms with E-state index in [4.69, 9.17) is 4.74 Å². The summed E-state index contributed by atoms with van der Waals surface area (Å²) in [6.07, 6.45) is 5.88. The maximum absolute atomic E-state index is 9.94. The highest BCUT2D eigenvalue weighted by Gasteiger charge is 2.17. The van der Waals surface area contributed by atoms with E-state index in [2.05, 4.69) is 31.3 Å².